The first-order chi connectivity index (χ1) is 15.6. The predicted octanol–water partition coefficient (Wildman–Crippen LogP) is 6.20. The van der Waals surface area contributed by atoms with E-state index in [1.165, 1.54) is 0 Å². The number of carbonyl (C=O) groups excluding carboxylic acids is 1. The molecular weight excluding hydrogens is 418 g/mol. The van der Waals surface area contributed by atoms with E-state index >= 15 is 0 Å². The molecule has 0 saturated heterocycles. The van der Waals surface area contributed by atoms with Gasteiger partial charge in [0, 0.05) is 11.5 Å². The number of carbonyl (C=O) groups is 1. The molecular formula is C28H22ClNO2. The molecule has 3 nitrogen and oxygen atoms in total. The second-order valence-corrected chi connectivity index (χ2v) is 8.46. The summed E-state index contributed by atoms with van der Waals surface area (Å²) in [6.45, 7) is 4.25. The lowest BCUT2D eigenvalue weighted by Gasteiger charge is -2.30. The van der Waals surface area contributed by atoms with E-state index in [9.17, 15) is 9.90 Å². The third-order valence-electron chi connectivity index (χ3n) is 6.29. The van der Waals surface area contributed by atoms with Gasteiger partial charge in [-0.3, -0.25) is 4.79 Å². The van der Waals surface area contributed by atoms with Crippen LogP contribution in [0, 0.1) is 0 Å². The van der Waals surface area contributed by atoms with Crippen molar-refractivity contribution in [3.05, 3.63) is 125 Å². The van der Waals surface area contributed by atoms with Crippen LogP contribution >= 0.6 is 11.6 Å². The molecule has 0 fully saturated rings. The van der Waals surface area contributed by atoms with Gasteiger partial charge in [-0.1, -0.05) is 103 Å². The minimum atomic E-state index is -1.80. The molecule has 0 unspecified atom stereocenters. The summed E-state index contributed by atoms with van der Waals surface area (Å²) in [5, 5.41) is 14.6. The second kappa shape index (κ2) is 7.94. The number of aliphatic hydroxyl groups is 1. The Balaban J connectivity index is 1.66. The number of benzene rings is 4. The van der Waals surface area contributed by atoms with Gasteiger partial charge in [-0.2, -0.15) is 0 Å². The summed E-state index contributed by atoms with van der Waals surface area (Å²) in [6.07, 6.45) is 1.64. The number of amides is 1. The van der Waals surface area contributed by atoms with E-state index in [4.69, 9.17) is 11.6 Å². The first kappa shape index (κ1) is 20.5. The summed E-state index contributed by atoms with van der Waals surface area (Å²) >= 11 is 6.60. The molecule has 4 aromatic rings. The molecule has 0 bridgehead atoms. The van der Waals surface area contributed by atoms with Gasteiger partial charge in [-0.25, -0.2) is 0 Å². The first-order valence-corrected chi connectivity index (χ1v) is 10.9. The Kier molecular flexibility index (Phi) is 5.09. The molecule has 32 heavy (non-hydrogen) atoms. The maximum atomic E-state index is 13.9. The molecule has 1 aliphatic rings. The minimum absolute atomic E-state index is 0.303. The SMILES string of the molecule is C=C[C@H](c1ccccc1)[C@]1(O)C(=O)N(Cc2cccc3ccccc23)c2c(Cl)cccc21. The highest BCUT2D eigenvalue weighted by molar-refractivity contribution is 6.35. The highest BCUT2D eigenvalue weighted by Gasteiger charge is 2.54. The average Bonchev–Trinajstić information content (AvgIpc) is 3.04. The Hall–Kier alpha value is -3.40. The molecule has 1 heterocycles. The van der Waals surface area contributed by atoms with E-state index in [1.807, 2.05) is 72.8 Å². The first-order valence-electron chi connectivity index (χ1n) is 10.5. The van der Waals surface area contributed by atoms with Crippen molar-refractivity contribution in [3.8, 4) is 0 Å². The number of halogens is 1. The van der Waals surface area contributed by atoms with Crippen LogP contribution in [0.25, 0.3) is 10.8 Å². The van der Waals surface area contributed by atoms with E-state index in [0.717, 1.165) is 21.9 Å². The summed E-state index contributed by atoms with van der Waals surface area (Å²) in [4.78, 5) is 15.5. The summed E-state index contributed by atoms with van der Waals surface area (Å²) in [7, 11) is 0. The molecule has 158 valence electrons. The number of rotatable bonds is 5. The maximum absolute atomic E-state index is 13.9. The molecule has 1 amide bonds. The van der Waals surface area contributed by atoms with Crippen LogP contribution in [-0.4, -0.2) is 11.0 Å². The average molecular weight is 440 g/mol. The molecule has 0 spiro atoms. The van der Waals surface area contributed by atoms with Gasteiger partial charge >= 0.3 is 0 Å². The van der Waals surface area contributed by atoms with Crippen LogP contribution in [0.5, 0.6) is 0 Å². The zero-order valence-corrected chi connectivity index (χ0v) is 18.2. The fourth-order valence-corrected chi connectivity index (χ4v) is 5.06. The Morgan fingerprint density at radius 1 is 0.938 bits per heavy atom. The molecule has 4 aromatic carbocycles. The summed E-state index contributed by atoms with van der Waals surface area (Å²) in [6, 6.07) is 28.9. The van der Waals surface area contributed by atoms with Crippen molar-refractivity contribution in [1.29, 1.82) is 0 Å². The van der Waals surface area contributed by atoms with E-state index in [1.54, 1.807) is 29.2 Å². The lowest BCUT2D eigenvalue weighted by Crippen LogP contribution is -2.44. The second-order valence-electron chi connectivity index (χ2n) is 8.06. The van der Waals surface area contributed by atoms with Crippen LogP contribution in [-0.2, 0) is 16.9 Å². The van der Waals surface area contributed by atoms with Gasteiger partial charge in [0.05, 0.1) is 17.3 Å². The predicted molar refractivity (Wildman–Crippen MR) is 130 cm³/mol. The van der Waals surface area contributed by atoms with E-state index in [-0.39, 0.29) is 0 Å². The van der Waals surface area contributed by atoms with Gasteiger partial charge in [-0.15, -0.1) is 6.58 Å². The van der Waals surface area contributed by atoms with Crippen LogP contribution in [0.2, 0.25) is 5.02 Å². The number of hydrogen-bond donors (Lipinski definition) is 1. The number of anilines is 1. The maximum Gasteiger partial charge on any atom is 0.265 e. The van der Waals surface area contributed by atoms with Crippen molar-refractivity contribution >= 4 is 34.0 Å². The highest BCUT2D eigenvalue weighted by Crippen LogP contribution is 2.51. The van der Waals surface area contributed by atoms with Crippen LogP contribution in [0.1, 0.15) is 22.6 Å². The molecule has 1 N–H and O–H groups in total. The van der Waals surface area contributed by atoms with Crippen molar-refractivity contribution in [2.45, 2.75) is 18.1 Å². The molecule has 1 aliphatic heterocycles. The van der Waals surface area contributed by atoms with E-state index in [0.29, 0.717) is 22.8 Å². The van der Waals surface area contributed by atoms with Crippen molar-refractivity contribution < 1.29 is 9.90 Å². The normalized spacial score (nSPS) is 18.6. The van der Waals surface area contributed by atoms with Gasteiger partial charge in [0.2, 0.25) is 0 Å². The standard InChI is InChI=1S/C28H22ClNO2/c1-2-23(20-11-4-3-5-12-20)28(32)24-16-9-17-25(29)26(24)30(27(28)31)18-21-14-8-13-19-10-6-7-15-22(19)21/h2-17,23,32H,1,18H2/t23-,28-/m1/s1. The van der Waals surface area contributed by atoms with Crippen molar-refractivity contribution in [2.75, 3.05) is 4.90 Å². The molecule has 4 heteroatoms. The monoisotopic (exact) mass is 439 g/mol. The van der Waals surface area contributed by atoms with Crippen LogP contribution in [0.3, 0.4) is 0 Å². The smallest absolute Gasteiger partial charge is 0.265 e. The Morgan fingerprint density at radius 2 is 1.62 bits per heavy atom. The number of fused-ring (bicyclic) bond motifs is 2. The van der Waals surface area contributed by atoms with Gasteiger partial charge in [0.1, 0.15) is 0 Å². The molecule has 0 radical (unpaired) electrons. The lowest BCUT2D eigenvalue weighted by atomic mass is 9.78. The van der Waals surface area contributed by atoms with Crippen molar-refractivity contribution in [1.82, 2.24) is 0 Å². The fourth-order valence-electron chi connectivity index (χ4n) is 4.78. The zero-order valence-electron chi connectivity index (χ0n) is 17.4. The van der Waals surface area contributed by atoms with Gasteiger partial charge in [0.15, 0.2) is 5.60 Å². The highest BCUT2D eigenvalue weighted by atomic mass is 35.5. The van der Waals surface area contributed by atoms with Crippen LogP contribution in [0.4, 0.5) is 5.69 Å². The number of nitrogens with zero attached hydrogens (tertiary/aromatic N) is 1. The summed E-state index contributed by atoms with van der Waals surface area (Å²) in [5.41, 5.74) is 1.06. The molecule has 0 saturated carbocycles. The van der Waals surface area contributed by atoms with Gasteiger partial charge in [0.25, 0.3) is 5.91 Å². The largest absolute Gasteiger partial charge is 0.374 e. The summed E-state index contributed by atoms with van der Waals surface area (Å²) < 4.78 is 0. The Bertz CT molecular complexity index is 1330. The molecule has 2 atom stereocenters. The summed E-state index contributed by atoms with van der Waals surface area (Å²) in [5.74, 6) is -1.02. The van der Waals surface area contributed by atoms with Crippen LogP contribution in [0.15, 0.2) is 104 Å². The zero-order chi connectivity index (χ0) is 22.3. The van der Waals surface area contributed by atoms with E-state index in [2.05, 4.69) is 6.58 Å². The van der Waals surface area contributed by atoms with Crippen LogP contribution < -0.4 is 4.90 Å². The fraction of sp³-hybridized carbons (Fsp3) is 0.107. The Labute approximate surface area is 192 Å². The minimum Gasteiger partial charge on any atom is -0.374 e. The lowest BCUT2D eigenvalue weighted by molar-refractivity contribution is -0.137. The van der Waals surface area contributed by atoms with Gasteiger partial charge in [-0.05, 0) is 28.0 Å². The van der Waals surface area contributed by atoms with Crippen molar-refractivity contribution in [3.63, 3.8) is 0 Å². The van der Waals surface area contributed by atoms with Crippen molar-refractivity contribution in [2.24, 2.45) is 0 Å². The van der Waals surface area contributed by atoms with Gasteiger partial charge < -0.3 is 10.0 Å². The molecule has 0 aliphatic carbocycles. The topological polar surface area (TPSA) is 40.5 Å². The number of hydrogen-bond acceptors (Lipinski definition) is 2. The molecule has 0 aromatic heterocycles. The quantitative estimate of drug-likeness (QED) is 0.376. The van der Waals surface area contributed by atoms with E-state index < -0.39 is 17.4 Å². The number of para-hydroxylation sites is 1. The Morgan fingerprint density at radius 3 is 2.41 bits per heavy atom. The third kappa shape index (κ3) is 3.05. The third-order valence-corrected chi connectivity index (χ3v) is 6.60. The molecule has 5 rings (SSSR count).